The van der Waals surface area contributed by atoms with Gasteiger partial charge in [0.1, 0.15) is 5.01 Å². The first-order valence-corrected chi connectivity index (χ1v) is 10.2. The van der Waals surface area contributed by atoms with Crippen LogP contribution in [0.3, 0.4) is 0 Å². The molecule has 0 aliphatic carbocycles. The highest BCUT2D eigenvalue weighted by Gasteiger charge is 2.15. The van der Waals surface area contributed by atoms with E-state index in [9.17, 15) is 0 Å². The van der Waals surface area contributed by atoms with Gasteiger partial charge < -0.3 is 9.97 Å². The number of thiazole rings is 1. The second-order valence-corrected chi connectivity index (χ2v) is 8.33. The molecule has 0 saturated heterocycles. The van der Waals surface area contributed by atoms with Crippen LogP contribution in [0.4, 0.5) is 0 Å². The Morgan fingerprint density at radius 1 is 0.800 bits per heavy atom. The van der Waals surface area contributed by atoms with E-state index in [1.807, 2.05) is 30.6 Å². The van der Waals surface area contributed by atoms with Gasteiger partial charge in [-0.3, -0.25) is 0 Å². The molecule has 5 rings (SSSR count). The molecule has 5 aromatic rings. The molecule has 0 spiro atoms. The number of para-hydroxylation sites is 2. The maximum absolute atomic E-state index is 4.90. The number of halogens is 2. The molecule has 25 heavy (non-hydrogen) atoms. The van der Waals surface area contributed by atoms with Crippen LogP contribution in [0.1, 0.15) is 0 Å². The van der Waals surface area contributed by atoms with Gasteiger partial charge in [0.25, 0.3) is 0 Å². The molecule has 0 atom stereocenters. The molecule has 0 saturated carbocycles. The lowest BCUT2D eigenvalue weighted by Gasteiger charge is -1.97. The number of nitrogens with zero attached hydrogens (tertiary/aromatic N) is 1. The second kappa shape index (κ2) is 5.83. The molecular weight excluding hydrogens is 462 g/mol. The van der Waals surface area contributed by atoms with Crippen LogP contribution in [0, 0.1) is 0 Å². The molecule has 122 valence electrons. The third-order valence-electron chi connectivity index (χ3n) is 4.34. The van der Waals surface area contributed by atoms with Crippen LogP contribution in [0.15, 0.2) is 63.1 Å². The number of hydrogen-bond acceptors (Lipinski definition) is 2. The van der Waals surface area contributed by atoms with Crippen LogP contribution in [0.5, 0.6) is 0 Å². The van der Waals surface area contributed by atoms with E-state index in [-0.39, 0.29) is 0 Å². The molecule has 0 fully saturated rings. The first-order valence-electron chi connectivity index (χ1n) is 7.70. The molecule has 3 aromatic heterocycles. The lowest BCUT2D eigenvalue weighted by Crippen LogP contribution is -1.78. The van der Waals surface area contributed by atoms with Crippen molar-refractivity contribution in [2.75, 3.05) is 0 Å². The van der Waals surface area contributed by atoms with Crippen molar-refractivity contribution < 1.29 is 0 Å². The zero-order chi connectivity index (χ0) is 17.0. The number of aromatic amines is 2. The van der Waals surface area contributed by atoms with Crippen molar-refractivity contribution in [1.29, 1.82) is 0 Å². The Balaban J connectivity index is 1.65. The van der Waals surface area contributed by atoms with E-state index in [4.69, 9.17) is 4.98 Å². The Bertz CT molecular complexity index is 1140. The number of benzene rings is 2. The van der Waals surface area contributed by atoms with Crippen LogP contribution in [-0.2, 0) is 0 Å². The summed E-state index contributed by atoms with van der Waals surface area (Å²) in [4.78, 5) is 11.6. The average molecular weight is 473 g/mol. The van der Waals surface area contributed by atoms with E-state index in [2.05, 4.69) is 65.4 Å². The highest BCUT2D eigenvalue weighted by molar-refractivity contribution is 9.11. The standard InChI is InChI=1S/C19H11Br2N3S/c20-14-5-1-3-10-12(7-22-17(10)14)16-9-25-19(24-16)13-8-23-18-11(13)4-2-6-15(18)21/h1-9,22-23H. The lowest BCUT2D eigenvalue weighted by molar-refractivity contribution is 1.39. The fraction of sp³-hybridized carbons (Fsp3) is 0. The molecular formula is C19H11Br2N3S. The molecule has 3 nitrogen and oxygen atoms in total. The highest BCUT2D eigenvalue weighted by Crippen LogP contribution is 2.38. The largest absolute Gasteiger partial charge is 0.360 e. The molecule has 0 amide bonds. The van der Waals surface area contributed by atoms with Crippen LogP contribution in [0.2, 0.25) is 0 Å². The smallest absolute Gasteiger partial charge is 0.126 e. The minimum absolute atomic E-state index is 0.994. The molecule has 0 aliphatic heterocycles. The van der Waals surface area contributed by atoms with Gasteiger partial charge in [-0.15, -0.1) is 11.3 Å². The molecule has 2 aromatic carbocycles. The van der Waals surface area contributed by atoms with Crippen molar-refractivity contribution in [3.63, 3.8) is 0 Å². The predicted molar refractivity (Wildman–Crippen MR) is 112 cm³/mol. The predicted octanol–water partition coefficient (Wildman–Crippen LogP) is 6.96. The summed E-state index contributed by atoms with van der Waals surface area (Å²) >= 11 is 8.86. The monoisotopic (exact) mass is 471 g/mol. The van der Waals surface area contributed by atoms with Gasteiger partial charge in [0.05, 0.1) is 16.7 Å². The van der Waals surface area contributed by atoms with Gasteiger partial charge in [0.2, 0.25) is 0 Å². The maximum Gasteiger partial charge on any atom is 0.126 e. The summed E-state index contributed by atoms with van der Waals surface area (Å²) < 4.78 is 2.13. The van der Waals surface area contributed by atoms with E-state index in [0.717, 1.165) is 41.8 Å². The molecule has 2 N–H and O–H groups in total. The Morgan fingerprint density at radius 2 is 1.40 bits per heavy atom. The van der Waals surface area contributed by atoms with Crippen molar-refractivity contribution in [2.24, 2.45) is 0 Å². The Hall–Kier alpha value is -1.89. The van der Waals surface area contributed by atoms with Gasteiger partial charge in [0.15, 0.2) is 0 Å². The second-order valence-electron chi connectivity index (χ2n) is 5.77. The normalized spacial score (nSPS) is 11.6. The first-order chi connectivity index (χ1) is 12.2. The summed E-state index contributed by atoms with van der Waals surface area (Å²) in [6, 6.07) is 12.4. The van der Waals surface area contributed by atoms with Crippen molar-refractivity contribution in [3.05, 3.63) is 63.1 Å². The van der Waals surface area contributed by atoms with Gasteiger partial charge in [-0.2, -0.15) is 0 Å². The summed E-state index contributed by atoms with van der Waals surface area (Å²) in [6.45, 7) is 0. The summed E-state index contributed by atoms with van der Waals surface area (Å²) in [5, 5.41) is 5.49. The van der Waals surface area contributed by atoms with E-state index in [1.165, 1.54) is 10.8 Å². The average Bonchev–Trinajstić information content (AvgIpc) is 3.32. The van der Waals surface area contributed by atoms with Crippen LogP contribution < -0.4 is 0 Å². The topological polar surface area (TPSA) is 44.5 Å². The van der Waals surface area contributed by atoms with Gasteiger partial charge in [-0.05, 0) is 44.0 Å². The van der Waals surface area contributed by atoms with E-state index in [1.54, 1.807) is 11.3 Å². The summed E-state index contributed by atoms with van der Waals surface area (Å²) in [6.07, 6.45) is 4.06. The molecule has 0 bridgehead atoms. The summed E-state index contributed by atoms with van der Waals surface area (Å²) in [7, 11) is 0. The van der Waals surface area contributed by atoms with Crippen LogP contribution in [-0.4, -0.2) is 15.0 Å². The van der Waals surface area contributed by atoms with E-state index < -0.39 is 0 Å². The molecule has 0 radical (unpaired) electrons. The van der Waals surface area contributed by atoms with Gasteiger partial charge in [0, 0.05) is 48.6 Å². The Kier molecular flexibility index (Phi) is 3.58. The van der Waals surface area contributed by atoms with Crippen molar-refractivity contribution in [3.8, 4) is 21.8 Å². The van der Waals surface area contributed by atoms with Crippen LogP contribution in [0.25, 0.3) is 43.6 Å². The summed E-state index contributed by atoms with van der Waals surface area (Å²) in [5.74, 6) is 0. The maximum atomic E-state index is 4.90. The molecule has 3 heterocycles. The fourth-order valence-electron chi connectivity index (χ4n) is 3.14. The van der Waals surface area contributed by atoms with Gasteiger partial charge in [-0.25, -0.2) is 4.98 Å². The molecule has 0 unspecified atom stereocenters. The Labute approximate surface area is 164 Å². The quantitative estimate of drug-likeness (QED) is 0.286. The fourth-order valence-corrected chi connectivity index (χ4v) is 4.96. The zero-order valence-electron chi connectivity index (χ0n) is 12.8. The molecule has 0 aliphatic rings. The first kappa shape index (κ1) is 15.4. The van der Waals surface area contributed by atoms with E-state index >= 15 is 0 Å². The van der Waals surface area contributed by atoms with Crippen molar-refractivity contribution in [2.45, 2.75) is 0 Å². The third-order valence-corrected chi connectivity index (χ3v) is 6.54. The number of H-pyrrole nitrogens is 2. The molecule has 6 heteroatoms. The minimum Gasteiger partial charge on any atom is -0.360 e. The van der Waals surface area contributed by atoms with E-state index in [0.29, 0.717) is 0 Å². The van der Waals surface area contributed by atoms with Crippen molar-refractivity contribution >= 4 is 65.0 Å². The lowest BCUT2D eigenvalue weighted by atomic mass is 10.1. The summed E-state index contributed by atoms with van der Waals surface area (Å²) in [5.41, 5.74) is 5.45. The third kappa shape index (κ3) is 2.39. The van der Waals surface area contributed by atoms with Crippen molar-refractivity contribution in [1.82, 2.24) is 15.0 Å². The van der Waals surface area contributed by atoms with Crippen LogP contribution >= 0.6 is 43.2 Å². The number of fused-ring (bicyclic) bond motifs is 2. The number of aromatic nitrogens is 3. The number of rotatable bonds is 2. The van der Waals surface area contributed by atoms with Gasteiger partial charge >= 0.3 is 0 Å². The number of hydrogen-bond donors (Lipinski definition) is 2. The minimum atomic E-state index is 0.994. The SMILES string of the molecule is Brc1cccc2c(-c3csc(-c4c[nH]c5c(Br)cccc45)n3)c[nH]c12. The Morgan fingerprint density at radius 3 is 2.08 bits per heavy atom. The number of nitrogens with one attached hydrogen (secondary N) is 2. The highest BCUT2D eigenvalue weighted by atomic mass is 79.9. The zero-order valence-corrected chi connectivity index (χ0v) is 16.8. The van der Waals surface area contributed by atoms with Gasteiger partial charge in [-0.1, -0.05) is 24.3 Å².